The fourth-order valence-corrected chi connectivity index (χ4v) is 4.16. The normalized spacial score (nSPS) is 23.8. The minimum Gasteiger partial charge on any atom is -0.496 e. The van der Waals surface area contributed by atoms with Gasteiger partial charge in [0.05, 0.1) is 19.1 Å². The summed E-state index contributed by atoms with van der Waals surface area (Å²) in [5.74, 6) is 1.32. The molecule has 3 rings (SSSR count). The van der Waals surface area contributed by atoms with Crippen LogP contribution < -0.4 is 10.1 Å². The molecule has 1 N–H and O–H groups in total. The third-order valence-electron chi connectivity index (χ3n) is 5.95. The Morgan fingerprint density at radius 2 is 2.04 bits per heavy atom. The van der Waals surface area contributed by atoms with Crippen molar-refractivity contribution in [3.8, 4) is 5.75 Å². The average molecular weight is 373 g/mol. The van der Waals surface area contributed by atoms with Crippen LogP contribution in [0.25, 0.3) is 0 Å². The highest BCUT2D eigenvalue weighted by atomic mass is 16.5. The summed E-state index contributed by atoms with van der Waals surface area (Å²) in [4.78, 5) is 27.8. The molecular formula is C22H32N2O3. The highest BCUT2D eigenvalue weighted by Crippen LogP contribution is 2.41. The second-order valence-corrected chi connectivity index (χ2v) is 7.91. The first kappa shape index (κ1) is 19.7. The highest BCUT2D eigenvalue weighted by molar-refractivity contribution is 5.85. The number of ether oxygens (including phenoxy) is 1. The number of piperidine rings is 1. The lowest BCUT2D eigenvalue weighted by molar-refractivity contribution is -0.143. The van der Waals surface area contributed by atoms with E-state index in [4.69, 9.17) is 4.74 Å². The van der Waals surface area contributed by atoms with Gasteiger partial charge in [0.2, 0.25) is 11.8 Å². The van der Waals surface area contributed by atoms with Crippen molar-refractivity contribution in [2.24, 2.45) is 11.8 Å². The summed E-state index contributed by atoms with van der Waals surface area (Å²) in [7, 11) is 1.64. The molecule has 1 aliphatic heterocycles. The molecule has 2 amide bonds. The first-order valence-corrected chi connectivity index (χ1v) is 10.3. The van der Waals surface area contributed by atoms with Gasteiger partial charge < -0.3 is 15.0 Å². The van der Waals surface area contributed by atoms with E-state index in [-0.39, 0.29) is 29.8 Å². The van der Waals surface area contributed by atoms with Crippen molar-refractivity contribution < 1.29 is 14.3 Å². The molecule has 5 nitrogen and oxygen atoms in total. The minimum atomic E-state index is -0.264. The van der Waals surface area contributed by atoms with Gasteiger partial charge in [0, 0.05) is 24.6 Å². The summed E-state index contributed by atoms with van der Waals surface area (Å²) in [6, 6.07) is 7.72. The maximum absolute atomic E-state index is 13.2. The molecule has 1 aromatic rings. The summed E-state index contributed by atoms with van der Waals surface area (Å²) in [6.07, 6.45) is 5.37. The Bertz CT molecular complexity index is 671. The molecule has 0 radical (unpaired) electrons. The molecule has 3 atom stereocenters. The van der Waals surface area contributed by atoms with Crippen LogP contribution in [0.5, 0.6) is 5.75 Å². The minimum absolute atomic E-state index is 0.0688. The first-order chi connectivity index (χ1) is 13.1. The highest BCUT2D eigenvalue weighted by Gasteiger charge is 2.42. The van der Waals surface area contributed by atoms with Crippen molar-refractivity contribution in [2.45, 2.75) is 64.5 Å². The Morgan fingerprint density at radius 1 is 1.30 bits per heavy atom. The van der Waals surface area contributed by atoms with Crippen molar-refractivity contribution >= 4 is 11.8 Å². The van der Waals surface area contributed by atoms with E-state index in [1.54, 1.807) is 7.11 Å². The molecule has 1 aliphatic carbocycles. The second-order valence-electron chi connectivity index (χ2n) is 7.91. The van der Waals surface area contributed by atoms with Gasteiger partial charge >= 0.3 is 0 Å². The third kappa shape index (κ3) is 4.45. The monoisotopic (exact) mass is 372 g/mol. The van der Waals surface area contributed by atoms with Gasteiger partial charge in [-0.15, -0.1) is 0 Å². The van der Waals surface area contributed by atoms with Gasteiger partial charge in [-0.05, 0) is 44.6 Å². The molecule has 0 bridgehead atoms. The molecule has 2 fully saturated rings. The number of benzene rings is 1. The number of unbranched alkanes of at least 4 members (excludes halogenated alkanes) is 1. The smallest absolute Gasteiger partial charge is 0.225 e. The van der Waals surface area contributed by atoms with Crippen molar-refractivity contribution in [3.63, 3.8) is 0 Å². The summed E-state index contributed by atoms with van der Waals surface area (Å²) in [5, 5.41) is 3.22. The number of para-hydroxylation sites is 1. The molecule has 3 unspecified atom stereocenters. The number of hydrogen-bond acceptors (Lipinski definition) is 3. The Morgan fingerprint density at radius 3 is 2.70 bits per heavy atom. The number of methoxy groups -OCH3 is 1. The van der Waals surface area contributed by atoms with Crippen molar-refractivity contribution in [1.29, 1.82) is 0 Å². The molecule has 27 heavy (non-hydrogen) atoms. The fraction of sp³-hybridized carbons (Fsp3) is 0.636. The van der Waals surface area contributed by atoms with Crippen LogP contribution in [0.3, 0.4) is 0 Å². The van der Waals surface area contributed by atoms with Crippen LogP contribution in [0.2, 0.25) is 0 Å². The number of amides is 2. The second kappa shape index (κ2) is 8.77. The van der Waals surface area contributed by atoms with Crippen LogP contribution in [0, 0.1) is 11.8 Å². The van der Waals surface area contributed by atoms with Gasteiger partial charge in [-0.1, -0.05) is 31.5 Å². The average Bonchev–Trinajstić information content (AvgIpc) is 3.52. The summed E-state index contributed by atoms with van der Waals surface area (Å²) in [5.41, 5.74) is 0.934. The Kier molecular flexibility index (Phi) is 6.40. The molecular weight excluding hydrogens is 340 g/mol. The van der Waals surface area contributed by atoms with Crippen molar-refractivity contribution in [2.75, 3.05) is 13.7 Å². The van der Waals surface area contributed by atoms with Crippen LogP contribution in [-0.2, 0) is 9.59 Å². The lowest BCUT2D eigenvalue weighted by Crippen LogP contribution is -2.50. The Labute approximate surface area is 162 Å². The van der Waals surface area contributed by atoms with E-state index in [0.717, 1.165) is 24.2 Å². The number of carbonyl (C=O) groups excluding carboxylic acids is 2. The predicted octanol–water partition coefficient (Wildman–Crippen LogP) is 3.69. The van der Waals surface area contributed by atoms with Crippen LogP contribution >= 0.6 is 0 Å². The van der Waals surface area contributed by atoms with Gasteiger partial charge in [-0.25, -0.2) is 0 Å². The zero-order valence-electron chi connectivity index (χ0n) is 16.7. The number of likely N-dealkylation sites (tertiary alicyclic amines) is 1. The predicted molar refractivity (Wildman–Crippen MR) is 105 cm³/mol. The molecule has 0 spiro atoms. The van der Waals surface area contributed by atoms with Gasteiger partial charge in [0.15, 0.2) is 0 Å². The number of rotatable bonds is 8. The first-order valence-electron chi connectivity index (χ1n) is 10.3. The molecule has 5 heteroatoms. The third-order valence-corrected chi connectivity index (χ3v) is 5.95. The van der Waals surface area contributed by atoms with Crippen molar-refractivity contribution in [3.05, 3.63) is 29.8 Å². The zero-order valence-corrected chi connectivity index (χ0v) is 16.7. The van der Waals surface area contributed by atoms with Crippen LogP contribution in [0.15, 0.2) is 24.3 Å². The standard InChI is InChI=1S/C22H32N2O3/c1-4-5-14-24-20(25)13-12-18(22(26)23-15(2)16-10-11-16)21(24)17-8-6-7-9-19(17)27-3/h6-9,15-16,18,21H,4-5,10-14H2,1-3H3,(H,23,26). The SMILES string of the molecule is CCCCN1C(=O)CCC(C(=O)NC(C)C2CC2)C1c1ccccc1OC. The maximum atomic E-state index is 13.2. The molecule has 1 aromatic carbocycles. The molecule has 1 saturated carbocycles. The molecule has 1 heterocycles. The van der Waals surface area contributed by atoms with Crippen LogP contribution in [0.1, 0.15) is 64.0 Å². The van der Waals surface area contributed by atoms with Gasteiger partial charge in [-0.2, -0.15) is 0 Å². The fourth-order valence-electron chi connectivity index (χ4n) is 4.16. The molecule has 1 saturated heterocycles. The summed E-state index contributed by atoms with van der Waals surface area (Å²) >= 11 is 0. The summed E-state index contributed by atoms with van der Waals surface area (Å²) in [6.45, 7) is 4.89. The topological polar surface area (TPSA) is 58.6 Å². The van der Waals surface area contributed by atoms with E-state index in [0.29, 0.717) is 25.3 Å². The molecule has 0 aromatic heterocycles. The van der Waals surface area contributed by atoms with E-state index >= 15 is 0 Å². The van der Waals surface area contributed by atoms with Gasteiger partial charge in [0.25, 0.3) is 0 Å². The lowest BCUT2D eigenvalue weighted by atomic mass is 9.82. The lowest BCUT2D eigenvalue weighted by Gasteiger charge is -2.41. The number of hydrogen-bond donors (Lipinski definition) is 1. The van der Waals surface area contributed by atoms with E-state index in [1.807, 2.05) is 29.2 Å². The van der Waals surface area contributed by atoms with Gasteiger partial charge in [0.1, 0.15) is 5.75 Å². The van der Waals surface area contributed by atoms with E-state index in [1.165, 1.54) is 12.8 Å². The summed E-state index contributed by atoms with van der Waals surface area (Å²) < 4.78 is 5.57. The van der Waals surface area contributed by atoms with E-state index in [9.17, 15) is 9.59 Å². The van der Waals surface area contributed by atoms with Crippen LogP contribution in [0.4, 0.5) is 0 Å². The van der Waals surface area contributed by atoms with Gasteiger partial charge in [-0.3, -0.25) is 9.59 Å². The molecule has 148 valence electrons. The number of nitrogens with zero attached hydrogens (tertiary/aromatic N) is 1. The number of nitrogens with one attached hydrogen (secondary N) is 1. The Hall–Kier alpha value is -2.04. The van der Waals surface area contributed by atoms with E-state index < -0.39 is 0 Å². The van der Waals surface area contributed by atoms with Crippen molar-refractivity contribution in [1.82, 2.24) is 10.2 Å². The largest absolute Gasteiger partial charge is 0.496 e. The zero-order chi connectivity index (χ0) is 19.4. The quantitative estimate of drug-likeness (QED) is 0.757. The van der Waals surface area contributed by atoms with Crippen LogP contribution in [-0.4, -0.2) is 36.4 Å². The van der Waals surface area contributed by atoms with E-state index in [2.05, 4.69) is 19.2 Å². The maximum Gasteiger partial charge on any atom is 0.225 e. The number of carbonyl (C=O) groups is 2. The molecule has 2 aliphatic rings. The Balaban J connectivity index is 1.91.